The normalized spacial score (nSPS) is 19.3. The highest BCUT2D eigenvalue weighted by atomic mass is 35.5. The van der Waals surface area contributed by atoms with Crippen LogP contribution in [0.15, 0.2) is 30.3 Å². The molecule has 5 heteroatoms. The first-order chi connectivity index (χ1) is 9.20. The van der Waals surface area contributed by atoms with E-state index in [1.165, 1.54) is 5.69 Å². The summed E-state index contributed by atoms with van der Waals surface area (Å²) >= 11 is 0. The van der Waals surface area contributed by atoms with Crippen LogP contribution in [0.1, 0.15) is 26.2 Å². The van der Waals surface area contributed by atoms with Gasteiger partial charge in [0.1, 0.15) is 0 Å². The fourth-order valence-corrected chi connectivity index (χ4v) is 2.50. The number of nitrogens with one attached hydrogen (secondary N) is 1. The summed E-state index contributed by atoms with van der Waals surface area (Å²) in [6.45, 7) is 3.90. The van der Waals surface area contributed by atoms with Crippen molar-refractivity contribution < 1.29 is 4.79 Å². The number of carbonyl (C=O) groups excluding carboxylic acids is 1. The molecule has 2 unspecified atom stereocenters. The molecule has 1 fully saturated rings. The van der Waals surface area contributed by atoms with Crippen molar-refractivity contribution in [1.82, 2.24) is 5.32 Å². The van der Waals surface area contributed by atoms with Crippen LogP contribution in [0.3, 0.4) is 0 Å². The molecule has 0 saturated carbocycles. The van der Waals surface area contributed by atoms with Crippen molar-refractivity contribution in [2.24, 2.45) is 5.73 Å². The van der Waals surface area contributed by atoms with Crippen molar-refractivity contribution in [2.45, 2.75) is 38.3 Å². The second-order valence-corrected chi connectivity index (χ2v) is 5.17. The smallest absolute Gasteiger partial charge is 0.237 e. The molecule has 112 valence electrons. The van der Waals surface area contributed by atoms with Crippen LogP contribution in [-0.2, 0) is 4.79 Å². The lowest BCUT2D eigenvalue weighted by Crippen LogP contribution is -2.46. The van der Waals surface area contributed by atoms with Gasteiger partial charge in [0.15, 0.2) is 0 Å². The van der Waals surface area contributed by atoms with E-state index in [9.17, 15) is 4.79 Å². The van der Waals surface area contributed by atoms with Crippen LogP contribution >= 0.6 is 12.4 Å². The molecule has 1 heterocycles. The number of benzene rings is 1. The Kier molecular flexibility index (Phi) is 6.82. The number of para-hydroxylation sites is 1. The molecule has 4 nitrogen and oxygen atoms in total. The van der Waals surface area contributed by atoms with E-state index in [0.29, 0.717) is 0 Å². The lowest BCUT2D eigenvalue weighted by Gasteiger charge is -2.20. The first-order valence-electron chi connectivity index (χ1n) is 7.06. The maximum Gasteiger partial charge on any atom is 0.237 e. The van der Waals surface area contributed by atoms with Crippen LogP contribution in [0.4, 0.5) is 5.69 Å². The lowest BCUT2D eigenvalue weighted by atomic mass is 10.1. The molecular formula is C15H24ClN3O. The molecule has 1 aromatic carbocycles. The van der Waals surface area contributed by atoms with Crippen LogP contribution in [0.25, 0.3) is 0 Å². The molecule has 1 aromatic rings. The van der Waals surface area contributed by atoms with Gasteiger partial charge in [-0.05, 0) is 25.0 Å². The molecule has 2 atom stereocenters. The summed E-state index contributed by atoms with van der Waals surface area (Å²) in [5, 5.41) is 3.06. The van der Waals surface area contributed by atoms with Gasteiger partial charge in [0.25, 0.3) is 0 Å². The Morgan fingerprint density at radius 1 is 1.45 bits per heavy atom. The van der Waals surface area contributed by atoms with Crippen molar-refractivity contribution in [1.29, 1.82) is 0 Å². The zero-order chi connectivity index (χ0) is 13.7. The molecule has 0 aromatic heterocycles. The number of carbonyl (C=O) groups is 1. The Morgan fingerprint density at radius 3 is 2.80 bits per heavy atom. The van der Waals surface area contributed by atoms with Crippen LogP contribution < -0.4 is 16.0 Å². The van der Waals surface area contributed by atoms with Crippen LogP contribution in [-0.4, -0.2) is 31.1 Å². The number of hydrogen-bond donors (Lipinski definition) is 2. The van der Waals surface area contributed by atoms with Crippen LogP contribution in [0.5, 0.6) is 0 Å². The topological polar surface area (TPSA) is 58.4 Å². The quantitative estimate of drug-likeness (QED) is 0.873. The third-order valence-electron chi connectivity index (χ3n) is 3.59. The van der Waals surface area contributed by atoms with Crippen molar-refractivity contribution in [3.63, 3.8) is 0 Å². The van der Waals surface area contributed by atoms with Gasteiger partial charge in [0.05, 0.1) is 6.04 Å². The molecule has 1 saturated heterocycles. The number of nitrogens with zero attached hydrogens (tertiary/aromatic N) is 1. The van der Waals surface area contributed by atoms with E-state index < -0.39 is 0 Å². The molecular weight excluding hydrogens is 274 g/mol. The Morgan fingerprint density at radius 2 is 2.15 bits per heavy atom. The van der Waals surface area contributed by atoms with Gasteiger partial charge in [-0.3, -0.25) is 4.79 Å². The van der Waals surface area contributed by atoms with Crippen molar-refractivity contribution in [3.8, 4) is 0 Å². The van der Waals surface area contributed by atoms with Crippen molar-refractivity contribution in [3.05, 3.63) is 30.3 Å². The Labute approximate surface area is 127 Å². The Balaban J connectivity index is 0.00000200. The summed E-state index contributed by atoms with van der Waals surface area (Å²) in [4.78, 5) is 14.2. The van der Waals surface area contributed by atoms with E-state index in [-0.39, 0.29) is 30.4 Å². The highest BCUT2D eigenvalue weighted by Crippen LogP contribution is 2.19. The van der Waals surface area contributed by atoms with E-state index in [2.05, 4.69) is 22.3 Å². The van der Waals surface area contributed by atoms with Crippen LogP contribution in [0.2, 0.25) is 0 Å². The summed E-state index contributed by atoms with van der Waals surface area (Å²) in [6.07, 6.45) is 2.68. The molecule has 1 aliphatic heterocycles. The van der Waals surface area contributed by atoms with E-state index in [1.807, 2.05) is 25.1 Å². The molecule has 20 heavy (non-hydrogen) atoms. The van der Waals surface area contributed by atoms with Crippen molar-refractivity contribution in [2.75, 3.05) is 18.0 Å². The molecule has 2 rings (SSSR count). The summed E-state index contributed by atoms with van der Waals surface area (Å²) in [6, 6.07) is 10.2. The molecule has 1 amide bonds. The van der Waals surface area contributed by atoms with E-state index in [1.54, 1.807) is 0 Å². The van der Waals surface area contributed by atoms with Gasteiger partial charge < -0.3 is 16.0 Å². The molecule has 0 spiro atoms. The number of hydrogen-bond acceptors (Lipinski definition) is 3. The monoisotopic (exact) mass is 297 g/mol. The zero-order valence-corrected chi connectivity index (χ0v) is 12.7. The van der Waals surface area contributed by atoms with Gasteiger partial charge in [-0.1, -0.05) is 31.5 Å². The maximum atomic E-state index is 11.9. The second kappa shape index (κ2) is 8.12. The minimum Gasteiger partial charge on any atom is -0.369 e. The SMILES string of the molecule is CCCC(N)C(=O)NC1CCN(c2ccccc2)C1.Cl. The highest BCUT2D eigenvalue weighted by molar-refractivity contribution is 5.85. The van der Waals surface area contributed by atoms with Gasteiger partial charge >= 0.3 is 0 Å². The number of rotatable bonds is 5. The van der Waals surface area contributed by atoms with Crippen molar-refractivity contribution >= 4 is 24.0 Å². The third kappa shape index (κ3) is 4.39. The summed E-state index contributed by atoms with van der Waals surface area (Å²) < 4.78 is 0. The molecule has 0 radical (unpaired) electrons. The number of halogens is 1. The largest absolute Gasteiger partial charge is 0.369 e. The number of nitrogens with two attached hydrogens (primary N) is 1. The fraction of sp³-hybridized carbons (Fsp3) is 0.533. The maximum absolute atomic E-state index is 11.9. The predicted molar refractivity (Wildman–Crippen MR) is 85.3 cm³/mol. The molecule has 0 bridgehead atoms. The Bertz CT molecular complexity index is 413. The summed E-state index contributed by atoms with van der Waals surface area (Å²) in [5.41, 5.74) is 7.05. The van der Waals surface area contributed by atoms with E-state index >= 15 is 0 Å². The first-order valence-corrected chi connectivity index (χ1v) is 7.06. The lowest BCUT2D eigenvalue weighted by molar-refractivity contribution is -0.123. The fourth-order valence-electron chi connectivity index (χ4n) is 2.50. The third-order valence-corrected chi connectivity index (χ3v) is 3.59. The summed E-state index contributed by atoms with van der Waals surface area (Å²) in [5.74, 6) is -0.0123. The van der Waals surface area contributed by atoms with Gasteiger partial charge in [-0.2, -0.15) is 0 Å². The minimum absolute atomic E-state index is 0. The van der Waals surface area contributed by atoms with Gasteiger partial charge in [0.2, 0.25) is 5.91 Å². The van der Waals surface area contributed by atoms with Gasteiger partial charge in [0, 0.05) is 24.8 Å². The first kappa shape index (κ1) is 16.8. The van der Waals surface area contributed by atoms with Gasteiger partial charge in [-0.15, -0.1) is 12.4 Å². The number of anilines is 1. The molecule has 3 N–H and O–H groups in total. The average molecular weight is 298 g/mol. The van der Waals surface area contributed by atoms with E-state index in [0.717, 1.165) is 32.4 Å². The highest BCUT2D eigenvalue weighted by Gasteiger charge is 2.25. The predicted octanol–water partition coefficient (Wildman–Crippen LogP) is 1.93. The standard InChI is InChI=1S/C15H23N3O.ClH/c1-2-6-14(16)15(19)17-12-9-10-18(11-12)13-7-4-3-5-8-13;/h3-5,7-8,12,14H,2,6,9-11,16H2,1H3,(H,17,19);1H. The minimum atomic E-state index is -0.365. The average Bonchev–Trinajstić information content (AvgIpc) is 2.88. The second-order valence-electron chi connectivity index (χ2n) is 5.17. The van der Waals surface area contributed by atoms with Gasteiger partial charge in [-0.25, -0.2) is 0 Å². The van der Waals surface area contributed by atoms with E-state index in [4.69, 9.17) is 5.73 Å². The molecule has 1 aliphatic rings. The molecule has 0 aliphatic carbocycles. The zero-order valence-electron chi connectivity index (χ0n) is 11.9. The Hall–Kier alpha value is -1.26. The summed E-state index contributed by atoms with van der Waals surface area (Å²) in [7, 11) is 0. The number of amides is 1. The van der Waals surface area contributed by atoms with Crippen LogP contribution in [0, 0.1) is 0 Å².